The molecule has 17 heavy (non-hydrogen) atoms. The number of aromatic nitrogens is 3. The second kappa shape index (κ2) is 4.73. The van der Waals surface area contributed by atoms with Crippen LogP contribution in [0.1, 0.15) is 0 Å². The molecule has 0 bridgehead atoms. The summed E-state index contributed by atoms with van der Waals surface area (Å²) >= 11 is 12.3. The van der Waals surface area contributed by atoms with Crippen molar-refractivity contribution < 1.29 is 8.42 Å². The van der Waals surface area contributed by atoms with Gasteiger partial charge in [-0.2, -0.15) is 0 Å². The molecule has 0 unspecified atom stereocenters. The van der Waals surface area contributed by atoms with E-state index in [-0.39, 0.29) is 20.2 Å². The number of rotatable bonds is 3. The molecule has 0 fully saturated rings. The Labute approximate surface area is 111 Å². The lowest BCUT2D eigenvalue weighted by Crippen LogP contribution is -2.13. The van der Waals surface area contributed by atoms with Crippen LogP contribution in [0, 0.1) is 0 Å². The molecular weight excluding hydrogens is 307 g/mol. The van der Waals surface area contributed by atoms with Crippen molar-refractivity contribution in [2.45, 2.75) is 4.90 Å². The second-order valence-corrected chi connectivity index (χ2v) is 6.07. The number of hydrogen-bond donors (Lipinski definition) is 1. The molecule has 0 aromatic carbocycles. The van der Waals surface area contributed by atoms with Crippen molar-refractivity contribution in [2.24, 2.45) is 0 Å². The van der Waals surface area contributed by atoms with Gasteiger partial charge in [0.25, 0.3) is 10.0 Å². The minimum Gasteiger partial charge on any atom is -0.253 e. The lowest BCUT2D eigenvalue weighted by atomic mass is 10.5. The number of anilines is 1. The Morgan fingerprint density at radius 1 is 1.35 bits per heavy atom. The Balaban J connectivity index is 2.35. The topological polar surface area (TPSA) is 84.8 Å². The standard InChI is InChI=1S/C7H4Cl2N4O2S2/c8-5-1-4(2-10-6(5)9)17(14,15)13-7-12-11-3-16-7/h1-3H,(H,12,13). The van der Waals surface area contributed by atoms with E-state index in [2.05, 4.69) is 19.9 Å². The van der Waals surface area contributed by atoms with Crippen molar-refractivity contribution in [1.82, 2.24) is 15.2 Å². The maximum atomic E-state index is 11.8. The Bertz CT molecular complexity index is 629. The summed E-state index contributed by atoms with van der Waals surface area (Å²) in [6.45, 7) is 0. The van der Waals surface area contributed by atoms with Crippen molar-refractivity contribution in [2.75, 3.05) is 4.72 Å². The van der Waals surface area contributed by atoms with E-state index in [1.807, 2.05) is 0 Å². The van der Waals surface area contributed by atoms with Crippen LogP contribution in [0.15, 0.2) is 22.7 Å². The first-order valence-corrected chi connectivity index (χ1v) is 7.21. The molecule has 0 saturated carbocycles. The molecule has 1 N–H and O–H groups in total. The molecule has 0 aliphatic rings. The summed E-state index contributed by atoms with van der Waals surface area (Å²) in [4.78, 5) is 3.56. The average Bonchev–Trinajstić information content (AvgIpc) is 2.73. The minimum atomic E-state index is -3.77. The summed E-state index contributed by atoms with van der Waals surface area (Å²) in [5.41, 5.74) is 1.41. The van der Waals surface area contributed by atoms with E-state index in [0.29, 0.717) is 0 Å². The first kappa shape index (κ1) is 12.5. The first-order chi connectivity index (χ1) is 7.99. The van der Waals surface area contributed by atoms with Gasteiger partial charge < -0.3 is 0 Å². The fourth-order valence-electron chi connectivity index (χ4n) is 0.942. The number of pyridine rings is 1. The smallest absolute Gasteiger partial charge is 0.253 e. The number of sulfonamides is 1. The normalized spacial score (nSPS) is 11.4. The summed E-state index contributed by atoms with van der Waals surface area (Å²) in [7, 11) is -3.77. The third-order valence-corrected chi connectivity index (χ3v) is 4.39. The van der Waals surface area contributed by atoms with Crippen LogP contribution in [0.2, 0.25) is 10.2 Å². The number of nitrogens with one attached hydrogen (secondary N) is 1. The predicted molar refractivity (Wildman–Crippen MR) is 65.0 cm³/mol. The molecule has 0 aliphatic heterocycles. The summed E-state index contributed by atoms with van der Waals surface area (Å²) in [6.07, 6.45) is 1.11. The highest BCUT2D eigenvalue weighted by Gasteiger charge is 2.17. The van der Waals surface area contributed by atoms with Crippen molar-refractivity contribution in [3.05, 3.63) is 27.9 Å². The quantitative estimate of drug-likeness (QED) is 0.877. The fourth-order valence-corrected chi connectivity index (χ4v) is 2.94. The van der Waals surface area contributed by atoms with E-state index in [0.717, 1.165) is 17.5 Å². The largest absolute Gasteiger partial charge is 0.265 e. The predicted octanol–water partition coefficient (Wildman–Crippen LogP) is 2.04. The van der Waals surface area contributed by atoms with Gasteiger partial charge in [-0.1, -0.05) is 34.5 Å². The Hall–Kier alpha value is -0.960. The zero-order valence-electron chi connectivity index (χ0n) is 7.96. The van der Waals surface area contributed by atoms with Gasteiger partial charge in [0, 0.05) is 6.20 Å². The molecule has 2 rings (SSSR count). The van der Waals surface area contributed by atoms with E-state index in [1.165, 1.54) is 11.6 Å². The summed E-state index contributed by atoms with van der Waals surface area (Å²) in [5.74, 6) is 0. The fraction of sp³-hybridized carbons (Fsp3) is 0. The van der Waals surface area contributed by atoms with Crippen LogP contribution < -0.4 is 4.72 Å². The number of halogens is 2. The molecule has 2 aromatic heterocycles. The van der Waals surface area contributed by atoms with Crippen LogP contribution in [-0.4, -0.2) is 23.6 Å². The Kier molecular flexibility index (Phi) is 3.48. The molecule has 0 saturated heterocycles. The van der Waals surface area contributed by atoms with E-state index in [9.17, 15) is 8.42 Å². The number of hydrogen-bond acceptors (Lipinski definition) is 6. The van der Waals surface area contributed by atoms with Crippen LogP contribution in [0.4, 0.5) is 5.13 Å². The van der Waals surface area contributed by atoms with Gasteiger partial charge in [-0.25, -0.2) is 13.4 Å². The lowest BCUT2D eigenvalue weighted by Gasteiger charge is -2.04. The van der Waals surface area contributed by atoms with Gasteiger partial charge in [0.15, 0.2) is 0 Å². The van der Waals surface area contributed by atoms with Crippen LogP contribution in [0.25, 0.3) is 0 Å². The first-order valence-electron chi connectivity index (χ1n) is 4.09. The third kappa shape index (κ3) is 2.83. The SMILES string of the molecule is O=S(=O)(Nc1nncs1)c1cnc(Cl)c(Cl)c1. The molecule has 90 valence electrons. The zero-order chi connectivity index (χ0) is 12.5. The molecule has 10 heteroatoms. The molecule has 0 radical (unpaired) electrons. The van der Waals surface area contributed by atoms with E-state index < -0.39 is 10.0 Å². The van der Waals surface area contributed by atoms with Gasteiger partial charge in [-0.15, -0.1) is 10.2 Å². The summed E-state index contributed by atoms with van der Waals surface area (Å²) in [5, 5.41) is 7.34. The van der Waals surface area contributed by atoms with Gasteiger partial charge >= 0.3 is 0 Å². The average molecular weight is 311 g/mol. The van der Waals surface area contributed by atoms with Crippen molar-refractivity contribution in [3.8, 4) is 0 Å². The van der Waals surface area contributed by atoms with Gasteiger partial charge in [0.05, 0.1) is 5.02 Å². The lowest BCUT2D eigenvalue weighted by molar-refractivity contribution is 0.600. The van der Waals surface area contributed by atoms with E-state index in [4.69, 9.17) is 23.2 Å². The van der Waals surface area contributed by atoms with Gasteiger partial charge in [-0.05, 0) is 6.07 Å². The monoisotopic (exact) mass is 310 g/mol. The van der Waals surface area contributed by atoms with Crippen LogP contribution in [0.5, 0.6) is 0 Å². The number of nitrogens with zero attached hydrogens (tertiary/aromatic N) is 3. The Morgan fingerprint density at radius 3 is 2.71 bits per heavy atom. The van der Waals surface area contributed by atoms with Gasteiger partial charge in [0.2, 0.25) is 5.13 Å². The maximum Gasteiger partial charge on any atom is 0.265 e. The highest BCUT2D eigenvalue weighted by atomic mass is 35.5. The highest BCUT2D eigenvalue weighted by Crippen LogP contribution is 2.23. The molecule has 0 spiro atoms. The minimum absolute atomic E-state index is 0.0431. The second-order valence-electron chi connectivity index (χ2n) is 2.79. The highest BCUT2D eigenvalue weighted by molar-refractivity contribution is 7.93. The molecule has 6 nitrogen and oxygen atoms in total. The molecular formula is C7H4Cl2N4O2S2. The zero-order valence-corrected chi connectivity index (χ0v) is 11.1. The Morgan fingerprint density at radius 2 is 2.12 bits per heavy atom. The maximum absolute atomic E-state index is 11.8. The van der Waals surface area contributed by atoms with Crippen molar-refractivity contribution in [3.63, 3.8) is 0 Å². The van der Waals surface area contributed by atoms with Gasteiger partial charge in [-0.3, -0.25) is 4.72 Å². The molecule has 0 atom stereocenters. The summed E-state index contributed by atoms with van der Waals surface area (Å²) < 4.78 is 25.9. The van der Waals surface area contributed by atoms with Crippen molar-refractivity contribution >= 4 is 49.7 Å². The summed E-state index contributed by atoms with van der Waals surface area (Å²) in [6, 6.07) is 1.21. The van der Waals surface area contributed by atoms with Gasteiger partial charge in [0.1, 0.15) is 15.6 Å². The van der Waals surface area contributed by atoms with E-state index >= 15 is 0 Å². The molecule has 0 amide bonds. The molecule has 2 heterocycles. The van der Waals surface area contributed by atoms with Crippen molar-refractivity contribution in [1.29, 1.82) is 0 Å². The van der Waals surface area contributed by atoms with Crippen LogP contribution in [0.3, 0.4) is 0 Å². The third-order valence-electron chi connectivity index (χ3n) is 1.66. The van der Waals surface area contributed by atoms with Crippen LogP contribution >= 0.6 is 34.5 Å². The molecule has 2 aromatic rings. The van der Waals surface area contributed by atoms with E-state index in [1.54, 1.807) is 0 Å². The van der Waals surface area contributed by atoms with Crippen LogP contribution in [-0.2, 0) is 10.0 Å². The molecule has 0 aliphatic carbocycles.